The summed E-state index contributed by atoms with van der Waals surface area (Å²) in [4.78, 5) is 25.3. The summed E-state index contributed by atoms with van der Waals surface area (Å²) in [5.74, 6) is -1.73. The minimum absolute atomic E-state index is 0.0262. The summed E-state index contributed by atoms with van der Waals surface area (Å²) in [7, 11) is 1.60. The highest BCUT2D eigenvalue weighted by Gasteiger charge is 2.37. The summed E-state index contributed by atoms with van der Waals surface area (Å²) >= 11 is 0. The van der Waals surface area contributed by atoms with Gasteiger partial charge in [-0.1, -0.05) is 12.8 Å². The lowest BCUT2D eigenvalue weighted by molar-refractivity contribution is -0.152. The van der Waals surface area contributed by atoms with Crippen molar-refractivity contribution >= 4 is 11.9 Å². The molecule has 0 aromatic rings. The molecule has 1 aliphatic rings. The molecule has 0 unspecified atom stereocenters. The molecule has 1 aliphatic carbocycles. The van der Waals surface area contributed by atoms with Crippen LogP contribution in [0.2, 0.25) is 0 Å². The lowest BCUT2D eigenvalue weighted by Gasteiger charge is -2.32. The van der Waals surface area contributed by atoms with E-state index in [1.165, 1.54) is 0 Å². The summed E-state index contributed by atoms with van der Waals surface area (Å²) in [6.07, 6.45) is 3.17. The minimum atomic E-state index is -0.837. The van der Waals surface area contributed by atoms with Gasteiger partial charge in [-0.25, -0.2) is 0 Å². The van der Waals surface area contributed by atoms with Gasteiger partial charge in [0.25, 0.3) is 0 Å². The predicted octanol–water partition coefficient (Wildman–Crippen LogP) is 1.37. The van der Waals surface area contributed by atoms with Crippen LogP contribution in [0.3, 0.4) is 0 Å². The molecule has 0 heterocycles. The van der Waals surface area contributed by atoms with Gasteiger partial charge in [-0.3, -0.25) is 9.59 Å². The molecule has 0 spiro atoms. The lowest BCUT2D eigenvalue weighted by atomic mass is 9.78. The van der Waals surface area contributed by atoms with Gasteiger partial charge in [0, 0.05) is 20.2 Å². The maximum absolute atomic E-state index is 12.4. The van der Waals surface area contributed by atoms with Crippen LogP contribution >= 0.6 is 0 Å². The number of carboxylic acids is 1. The van der Waals surface area contributed by atoms with Crippen LogP contribution in [0.4, 0.5) is 0 Å². The topological polar surface area (TPSA) is 66.8 Å². The summed E-state index contributed by atoms with van der Waals surface area (Å²) in [6, 6.07) is 0. The zero-order valence-electron chi connectivity index (χ0n) is 11.2. The Bertz CT molecular complexity index is 293. The molecule has 1 amide bonds. The smallest absolute Gasteiger partial charge is 0.307 e. The number of methoxy groups -OCH3 is 1. The van der Waals surface area contributed by atoms with Crippen molar-refractivity contribution in [2.75, 3.05) is 26.8 Å². The van der Waals surface area contributed by atoms with Gasteiger partial charge in [-0.15, -0.1) is 0 Å². The van der Waals surface area contributed by atoms with E-state index >= 15 is 0 Å². The monoisotopic (exact) mass is 257 g/mol. The van der Waals surface area contributed by atoms with Crippen molar-refractivity contribution in [3.8, 4) is 0 Å². The SMILES string of the molecule is CCN(CCOC)C(=O)[C@@H]1CCCC[C@@H]1C(=O)O. The summed E-state index contributed by atoms with van der Waals surface area (Å²) < 4.78 is 4.98. The third kappa shape index (κ3) is 3.70. The van der Waals surface area contributed by atoms with Crippen LogP contribution in [0.15, 0.2) is 0 Å². The number of carboxylic acid groups (broad SMARTS) is 1. The second-order valence-corrected chi connectivity index (χ2v) is 4.75. The van der Waals surface area contributed by atoms with Crippen LogP contribution in [0.5, 0.6) is 0 Å². The van der Waals surface area contributed by atoms with Gasteiger partial charge < -0.3 is 14.7 Å². The number of likely N-dealkylation sites (N-methyl/N-ethyl adjacent to an activating group) is 1. The van der Waals surface area contributed by atoms with Crippen molar-refractivity contribution in [1.82, 2.24) is 4.90 Å². The Hall–Kier alpha value is -1.10. The molecule has 1 rings (SSSR count). The molecular weight excluding hydrogens is 234 g/mol. The van der Waals surface area contributed by atoms with Crippen LogP contribution in [0.1, 0.15) is 32.6 Å². The number of carbonyl (C=O) groups excluding carboxylic acids is 1. The Morgan fingerprint density at radius 2 is 1.89 bits per heavy atom. The molecule has 0 radical (unpaired) electrons. The Kier molecular flexibility index (Phi) is 6.12. The quantitative estimate of drug-likeness (QED) is 0.780. The first-order chi connectivity index (χ1) is 8.61. The third-order valence-corrected chi connectivity index (χ3v) is 3.66. The Labute approximate surface area is 108 Å². The fourth-order valence-electron chi connectivity index (χ4n) is 2.58. The Morgan fingerprint density at radius 3 is 2.39 bits per heavy atom. The highest BCUT2D eigenvalue weighted by molar-refractivity contribution is 5.85. The molecule has 1 N–H and O–H groups in total. The molecule has 0 aliphatic heterocycles. The van der Waals surface area contributed by atoms with Gasteiger partial charge in [0.1, 0.15) is 0 Å². The molecule has 0 bridgehead atoms. The summed E-state index contributed by atoms with van der Waals surface area (Å²) in [6.45, 7) is 3.54. The number of rotatable bonds is 6. The molecule has 0 aromatic heterocycles. The summed E-state index contributed by atoms with van der Waals surface area (Å²) in [5, 5.41) is 9.19. The van der Waals surface area contributed by atoms with Gasteiger partial charge in [0.15, 0.2) is 0 Å². The molecule has 2 atom stereocenters. The number of nitrogens with zero attached hydrogens (tertiary/aromatic N) is 1. The molecule has 0 saturated heterocycles. The van der Waals surface area contributed by atoms with E-state index in [0.29, 0.717) is 32.5 Å². The first kappa shape index (κ1) is 15.0. The van der Waals surface area contributed by atoms with E-state index in [1.54, 1.807) is 12.0 Å². The number of ether oxygens (including phenoxy) is 1. The van der Waals surface area contributed by atoms with Crippen molar-refractivity contribution in [2.24, 2.45) is 11.8 Å². The fraction of sp³-hybridized carbons (Fsp3) is 0.846. The number of hydrogen-bond donors (Lipinski definition) is 1. The number of hydrogen-bond acceptors (Lipinski definition) is 3. The van der Waals surface area contributed by atoms with Gasteiger partial charge >= 0.3 is 5.97 Å². The highest BCUT2D eigenvalue weighted by atomic mass is 16.5. The molecule has 18 heavy (non-hydrogen) atoms. The highest BCUT2D eigenvalue weighted by Crippen LogP contribution is 2.31. The number of amides is 1. The molecule has 104 valence electrons. The van der Waals surface area contributed by atoms with Crippen molar-refractivity contribution in [2.45, 2.75) is 32.6 Å². The van der Waals surface area contributed by atoms with E-state index in [4.69, 9.17) is 4.74 Å². The van der Waals surface area contributed by atoms with E-state index in [9.17, 15) is 14.7 Å². The zero-order chi connectivity index (χ0) is 13.5. The number of carbonyl (C=O) groups is 2. The largest absolute Gasteiger partial charge is 0.481 e. The first-order valence-corrected chi connectivity index (χ1v) is 6.62. The van der Waals surface area contributed by atoms with Crippen molar-refractivity contribution in [1.29, 1.82) is 0 Å². The molecule has 1 fully saturated rings. The Balaban J connectivity index is 2.68. The molecule has 0 aromatic carbocycles. The average Bonchev–Trinajstić information content (AvgIpc) is 2.39. The predicted molar refractivity (Wildman–Crippen MR) is 67.2 cm³/mol. The van der Waals surface area contributed by atoms with E-state index in [0.717, 1.165) is 12.8 Å². The van der Waals surface area contributed by atoms with Crippen molar-refractivity contribution in [3.05, 3.63) is 0 Å². The van der Waals surface area contributed by atoms with E-state index < -0.39 is 11.9 Å². The third-order valence-electron chi connectivity index (χ3n) is 3.66. The van der Waals surface area contributed by atoms with Gasteiger partial charge in [0.05, 0.1) is 18.4 Å². The Morgan fingerprint density at radius 1 is 1.28 bits per heavy atom. The van der Waals surface area contributed by atoms with Crippen molar-refractivity contribution < 1.29 is 19.4 Å². The zero-order valence-corrected chi connectivity index (χ0v) is 11.2. The molecular formula is C13H23NO4. The van der Waals surface area contributed by atoms with Crippen LogP contribution in [0, 0.1) is 11.8 Å². The van der Waals surface area contributed by atoms with E-state index in [-0.39, 0.29) is 11.8 Å². The maximum Gasteiger partial charge on any atom is 0.307 e. The first-order valence-electron chi connectivity index (χ1n) is 6.62. The van der Waals surface area contributed by atoms with Gasteiger partial charge in [0.2, 0.25) is 5.91 Å². The van der Waals surface area contributed by atoms with Crippen molar-refractivity contribution in [3.63, 3.8) is 0 Å². The minimum Gasteiger partial charge on any atom is -0.481 e. The summed E-state index contributed by atoms with van der Waals surface area (Å²) in [5.41, 5.74) is 0. The molecule has 5 heteroatoms. The molecule has 1 saturated carbocycles. The second kappa shape index (κ2) is 7.36. The van der Waals surface area contributed by atoms with Crippen LogP contribution < -0.4 is 0 Å². The van der Waals surface area contributed by atoms with Crippen LogP contribution in [0.25, 0.3) is 0 Å². The normalized spacial score (nSPS) is 23.7. The number of aliphatic carboxylic acids is 1. The fourth-order valence-corrected chi connectivity index (χ4v) is 2.58. The van der Waals surface area contributed by atoms with Gasteiger partial charge in [-0.2, -0.15) is 0 Å². The van der Waals surface area contributed by atoms with Gasteiger partial charge in [-0.05, 0) is 19.8 Å². The lowest BCUT2D eigenvalue weighted by Crippen LogP contribution is -2.43. The van der Waals surface area contributed by atoms with E-state index in [1.807, 2.05) is 6.92 Å². The van der Waals surface area contributed by atoms with Crippen LogP contribution in [-0.2, 0) is 14.3 Å². The van der Waals surface area contributed by atoms with E-state index in [2.05, 4.69) is 0 Å². The van der Waals surface area contributed by atoms with Crippen LogP contribution in [-0.4, -0.2) is 48.7 Å². The standard InChI is InChI=1S/C13H23NO4/c1-3-14(8-9-18-2)12(15)10-6-4-5-7-11(10)13(16)17/h10-11H,3-9H2,1-2H3,(H,16,17)/t10-,11+/m1/s1. The second-order valence-electron chi connectivity index (χ2n) is 4.75. The maximum atomic E-state index is 12.4. The molecule has 5 nitrogen and oxygen atoms in total. The average molecular weight is 257 g/mol.